The topological polar surface area (TPSA) is 82.8 Å². The molecule has 0 bridgehead atoms. The third-order valence-electron chi connectivity index (χ3n) is 4.50. The second kappa shape index (κ2) is 10.5. The largest absolute Gasteiger partial charge is 0.444 e. The summed E-state index contributed by atoms with van der Waals surface area (Å²) in [6.45, 7) is 13.0. The Hall–Kier alpha value is -2.83. The highest BCUT2D eigenvalue weighted by Crippen LogP contribution is 2.10. The molecule has 0 aliphatic carbocycles. The van der Waals surface area contributed by atoms with Crippen molar-refractivity contribution in [2.45, 2.75) is 47.7 Å². The third-order valence-corrected chi connectivity index (χ3v) is 4.50. The van der Waals surface area contributed by atoms with Gasteiger partial charge >= 0.3 is 0 Å². The summed E-state index contributed by atoms with van der Waals surface area (Å²) in [7, 11) is 0. The summed E-state index contributed by atoms with van der Waals surface area (Å²) in [6.07, 6.45) is 0. The van der Waals surface area contributed by atoms with Gasteiger partial charge in [0.05, 0.1) is 18.8 Å². The van der Waals surface area contributed by atoms with Crippen LogP contribution in [0.15, 0.2) is 33.7 Å². The van der Waals surface area contributed by atoms with Gasteiger partial charge in [0.25, 0.3) is 5.91 Å². The number of hydrogen-bond acceptors (Lipinski definition) is 4. The normalized spacial score (nSPS) is 11.4. The molecular weight excluding hydrogens is 354 g/mol. The van der Waals surface area contributed by atoms with Crippen molar-refractivity contribution >= 4 is 11.9 Å². The summed E-state index contributed by atoms with van der Waals surface area (Å²) >= 11 is 0. The van der Waals surface area contributed by atoms with Gasteiger partial charge in [-0.1, -0.05) is 12.1 Å². The van der Waals surface area contributed by atoms with Crippen molar-refractivity contribution < 1.29 is 9.21 Å². The lowest BCUT2D eigenvalue weighted by Gasteiger charge is -2.18. The Balaban J connectivity index is 1.98. The number of carbonyl (C=O) groups is 1. The van der Waals surface area contributed by atoms with Gasteiger partial charge in [-0.15, -0.1) is 0 Å². The lowest BCUT2D eigenvalue weighted by atomic mass is 10.1. The van der Waals surface area contributed by atoms with Gasteiger partial charge in [0.15, 0.2) is 5.96 Å². The number of hydrogen-bond donors (Lipinski definition) is 2. The highest BCUT2D eigenvalue weighted by molar-refractivity contribution is 5.94. The molecule has 0 saturated heterocycles. The van der Waals surface area contributed by atoms with Gasteiger partial charge in [-0.25, -0.2) is 9.98 Å². The van der Waals surface area contributed by atoms with Crippen molar-refractivity contribution in [1.29, 1.82) is 0 Å². The maximum Gasteiger partial charge on any atom is 0.253 e. The maximum atomic E-state index is 12.4. The zero-order valence-electron chi connectivity index (χ0n) is 17.5. The Morgan fingerprint density at radius 1 is 1.11 bits per heavy atom. The number of oxazole rings is 1. The van der Waals surface area contributed by atoms with Crippen molar-refractivity contribution in [3.63, 3.8) is 0 Å². The molecule has 0 radical (unpaired) electrons. The summed E-state index contributed by atoms with van der Waals surface area (Å²) in [4.78, 5) is 23.2. The van der Waals surface area contributed by atoms with E-state index in [0.717, 1.165) is 23.6 Å². The van der Waals surface area contributed by atoms with E-state index in [-0.39, 0.29) is 5.91 Å². The minimum absolute atomic E-state index is 0.0617. The molecule has 2 N–H and O–H groups in total. The van der Waals surface area contributed by atoms with E-state index >= 15 is 0 Å². The van der Waals surface area contributed by atoms with E-state index < -0.39 is 0 Å². The molecule has 0 fully saturated rings. The number of aromatic nitrogens is 1. The molecule has 0 aliphatic rings. The Bertz CT molecular complexity index is 772. The minimum atomic E-state index is 0.0617. The third kappa shape index (κ3) is 5.84. The van der Waals surface area contributed by atoms with Crippen LogP contribution < -0.4 is 10.6 Å². The average molecular weight is 386 g/mol. The first-order chi connectivity index (χ1) is 13.5. The molecule has 2 aromatic rings. The summed E-state index contributed by atoms with van der Waals surface area (Å²) in [5.74, 6) is 2.23. The number of nitrogens with one attached hydrogen (secondary N) is 2. The van der Waals surface area contributed by atoms with Gasteiger partial charge in [0, 0.05) is 25.2 Å². The molecule has 152 valence electrons. The molecule has 2 rings (SSSR count). The molecule has 7 nitrogen and oxygen atoms in total. The first kappa shape index (κ1) is 21.5. The number of amides is 1. The number of guanidine groups is 1. The van der Waals surface area contributed by atoms with Crippen LogP contribution in [0.3, 0.4) is 0 Å². The first-order valence-corrected chi connectivity index (χ1v) is 9.81. The standard InChI is InChI=1S/C21H31N5O2/c1-6-22-21(24-14-19-25-15(4)16(5)28-19)23-13-17-9-11-18(12-10-17)20(27)26(7-2)8-3/h9-12H,6-8,13-14H2,1-5H3,(H2,22,23,24). The van der Waals surface area contributed by atoms with Crippen LogP contribution in [-0.2, 0) is 13.1 Å². The second-order valence-electron chi connectivity index (χ2n) is 6.47. The Labute approximate surface area is 167 Å². The van der Waals surface area contributed by atoms with Crippen LogP contribution >= 0.6 is 0 Å². The van der Waals surface area contributed by atoms with Crippen LogP contribution in [0.25, 0.3) is 0 Å². The van der Waals surface area contributed by atoms with Crippen LogP contribution in [0.5, 0.6) is 0 Å². The molecule has 0 atom stereocenters. The molecule has 0 unspecified atom stereocenters. The molecule has 0 aliphatic heterocycles. The number of nitrogens with zero attached hydrogens (tertiary/aromatic N) is 3. The predicted molar refractivity (Wildman–Crippen MR) is 111 cm³/mol. The molecule has 1 amide bonds. The average Bonchev–Trinajstić information content (AvgIpc) is 3.03. The van der Waals surface area contributed by atoms with Crippen LogP contribution in [0.2, 0.25) is 0 Å². The SMILES string of the molecule is CCNC(=NCc1ccc(C(=O)N(CC)CC)cc1)NCc1nc(C)c(C)o1. The Kier molecular flexibility index (Phi) is 8.04. The highest BCUT2D eigenvalue weighted by Gasteiger charge is 2.12. The number of aryl methyl sites for hydroxylation is 2. The van der Waals surface area contributed by atoms with Gasteiger partial charge in [-0.05, 0) is 52.3 Å². The summed E-state index contributed by atoms with van der Waals surface area (Å²) in [6, 6.07) is 7.63. The smallest absolute Gasteiger partial charge is 0.253 e. The monoisotopic (exact) mass is 385 g/mol. The van der Waals surface area contributed by atoms with E-state index in [1.807, 2.05) is 63.8 Å². The van der Waals surface area contributed by atoms with E-state index in [2.05, 4.69) is 20.6 Å². The highest BCUT2D eigenvalue weighted by atomic mass is 16.4. The quantitative estimate of drug-likeness (QED) is 0.539. The molecule has 0 spiro atoms. The van der Waals surface area contributed by atoms with E-state index in [1.54, 1.807) is 0 Å². The lowest BCUT2D eigenvalue weighted by molar-refractivity contribution is 0.0773. The van der Waals surface area contributed by atoms with Crippen LogP contribution in [0.1, 0.15) is 54.0 Å². The molecular formula is C21H31N5O2. The van der Waals surface area contributed by atoms with E-state index in [4.69, 9.17) is 4.42 Å². The van der Waals surface area contributed by atoms with Gasteiger partial charge in [-0.2, -0.15) is 0 Å². The molecule has 7 heteroatoms. The van der Waals surface area contributed by atoms with Crippen molar-refractivity contribution in [2.24, 2.45) is 4.99 Å². The van der Waals surface area contributed by atoms with Crippen molar-refractivity contribution in [3.05, 3.63) is 52.7 Å². The van der Waals surface area contributed by atoms with Crippen molar-refractivity contribution in [2.75, 3.05) is 19.6 Å². The number of aliphatic imine (C=N–C) groups is 1. The molecule has 1 aromatic heterocycles. The Morgan fingerprint density at radius 2 is 1.79 bits per heavy atom. The van der Waals surface area contributed by atoms with Crippen LogP contribution in [-0.4, -0.2) is 41.4 Å². The van der Waals surface area contributed by atoms with Crippen molar-refractivity contribution in [3.8, 4) is 0 Å². The minimum Gasteiger partial charge on any atom is -0.444 e. The van der Waals surface area contributed by atoms with Crippen LogP contribution in [0, 0.1) is 13.8 Å². The molecule has 28 heavy (non-hydrogen) atoms. The summed E-state index contributed by atoms with van der Waals surface area (Å²) in [5, 5.41) is 6.44. The van der Waals surface area contributed by atoms with E-state index in [0.29, 0.717) is 43.6 Å². The van der Waals surface area contributed by atoms with Crippen molar-refractivity contribution in [1.82, 2.24) is 20.5 Å². The van der Waals surface area contributed by atoms with Crippen LogP contribution in [0.4, 0.5) is 0 Å². The van der Waals surface area contributed by atoms with Gasteiger partial charge in [0.2, 0.25) is 5.89 Å². The predicted octanol–water partition coefficient (Wildman–Crippen LogP) is 3.03. The summed E-state index contributed by atoms with van der Waals surface area (Å²) < 4.78 is 5.59. The fraction of sp³-hybridized carbons (Fsp3) is 0.476. The second-order valence-corrected chi connectivity index (χ2v) is 6.47. The number of rotatable bonds is 8. The lowest BCUT2D eigenvalue weighted by Crippen LogP contribution is -2.36. The van der Waals surface area contributed by atoms with E-state index in [1.165, 1.54) is 0 Å². The number of benzene rings is 1. The van der Waals surface area contributed by atoms with Gasteiger partial charge < -0.3 is 20.0 Å². The Morgan fingerprint density at radius 3 is 2.32 bits per heavy atom. The van der Waals surface area contributed by atoms with E-state index in [9.17, 15) is 4.79 Å². The molecule has 1 heterocycles. The molecule has 0 saturated carbocycles. The number of carbonyl (C=O) groups excluding carboxylic acids is 1. The summed E-state index contributed by atoms with van der Waals surface area (Å²) in [5.41, 5.74) is 2.64. The van der Waals surface area contributed by atoms with Gasteiger partial charge in [0.1, 0.15) is 5.76 Å². The first-order valence-electron chi connectivity index (χ1n) is 9.81. The fourth-order valence-electron chi connectivity index (χ4n) is 2.73. The zero-order chi connectivity index (χ0) is 20.5. The van der Waals surface area contributed by atoms with Gasteiger partial charge in [-0.3, -0.25) is 4.79 Å². The maximum absolute atomic E-state index is 12.4. The molecule has 1 aromatic carbocycles. The fourth-order valence-corrected chi connectivity index (χ4v) is 2.73. The zero-order valence-corrected chi connectivity index (χ0v) is 17.5.